The van der Waals surface area contributed by atoms with Crippen LogP contribution >= 0.6 is 0 Å². The van der Waals surface area contributed by atoms with Gasteiger partial charge < -0.3 is 18.9 Å². The van der Waals surface area contributed by atoms with E-state index in [1.807, 2.05) is 0 Å². The number of rotatable bonds is 5. The van der Waals surface area contributed by atoms with Gasteiger partial charge in [0.25, 0.3) is 0 Å². The first kappa shape index (κ1) is 17.5. The number of Topliss-reactive ketones (excluding diaryl/α,β-unsaturated/α-hetero) is 1. The summed E-state index contributed by atoms with van der Waals surface area (Å²) < 4.78 is 15.0. The largest absolute Gasteiger partial charge is 0.465 e. The first-order valence-corrected chi connectivity index (χ1v) is 7.35. The van der Waals surface area contributed by atoms with Crippen LogP contribution in [-0.4, -0.2) is 35.9 Å². The van der Waals surface area contributed by atoms with Gasteiger partial charge in [0.15, 0.2) is 6.10 Å². The average molecular weight is 333 g/mol. The fraction of sp³-hybridized carbons (Fsp3) is 0.353. The van der Waals surface area contributed by atoms with Crippen LogP contribution in [0, 0.1) is 20.8 Å². The summed E-state index contributed by atoms with van der Waals surface area (Å²) >= 11 is 0. The van der Waals surface area contributed by atoms with E-state index in [2.05, 4.69) is 4.98 Å². The second kappa shape index (κ2) is 6.74. The van der Waals surface area contributed by atoms with Gasteiger partial charge in [0.1, 0.15) is 5.76 Å². The third-order valence-corrected chi connectivity index (χ3v) is 3.67. The Morgan fingerprint density at radius 2 is 1.79 bits per heavy atom. The number of ketones is 1. The van der Waals surface area contributed by atoms with Gasteiger partial charge in [-0.25, -0.2) is 9.59 Å². The normalized spacial score (nSPS) is 11.9. The topological polar surface area (TPSA) is 98.6 Å². The van der Waals surface area contributed by atoms with Crippen molar-refractivity contribution >= 4 is 17.7 Å². The lowest BCUT2D eigenvalue weighted by molar-refractivity contribution is 0.0286. The van der Waals surface area contributed by atoms with Gasteiger partial charge in [0, 0.05) is 5.69 Å². The number of ether oxygens (including phenoxy) is 2. The molecule has 2 aromatic rings. The number of esters is 2. The maximum absolute atomic E-state index is 12.5. The zero-order chi connectivity index (χ0) is 18.0. The first-order chi connectivity index (χ1) is 11.3. The van der Waals surface area contributed by atoms with Crippen LogP contribution in [0.4, 0.5) is 0 Å². The summed E-state index contributed by atoms with van der Waals surface area (Å²) in [4.78, 5) is 39.1. The Labute approximate surface area is 138 Å². The molecule has 0 bridgehead atoms. The maximum Gasteiger partial charge on any atom is 0.374 e. The van der Waals surface area contributed by atoms with Crippen molar-refractivity contribution in [3.05, 3.63) is 46.2 Å². The molecule has 1 N–H and O–H groups in total. The standard InChI is InChI=1S/C17H19NO6/c1-8-6-7-12(23-8)16(20)24-11(4)15(19)14-9(2)13(10(3)18-14)17(21)22-5/h6-7,11,18H,1-5H3. The summed E-state index contributed by atoms with van der Waals surface area (Å²) in [6, 6.07) is 3.11. The molecular weight excluding hydrogens is 314 g/mol. The number of hydrogen-bond donors (Lipinski definition) is 1. The Morgan fingerprint density at radius 1 is 1.12 bits per heavy atom. The molecule has 0 saturated carbocycles. The second-order valence-electron chi connectivity index (χ2n) is 5.44. The highest BCUT2D eigenvalue weighted by molar-refractivity contribution is 6.04. The Hall–Kier alpha value is -2.83. The molecule has 0 saturated heterocycles. The highest BCUT2D eigenvalue weighted by Gasteiger charge is 2.28. The zero-order valence-electron chi connectivity index (χ0n) is 14.2. The van der Waals surface area contributed by atoms with Gasteiger partial charge in [-0.1, -0.05) is 0 Å². The van der Waals surface area contributed by atoms with Gasteiger partial charge in [0.05, 0.1) is 18.4 Å². The molecule has 2 heterocycles. The molecule has 2 rings (SSSR count). The number of carbonyl (C=O) groups excluding carboxylic acids is 3. The molecule has 0 fully saturated rings. The van der Waals surface area contributed by atoms with Gasteiger partial charge >= 0.3 is 11.9 Å². The van der Waals surface area contributed by atoms with Crippen LogP contribution in [0.3, 0.4) is 0 Å². The molecule has 0 amide bonds. The van der Waals surface area contributed by atoms with E-state index in [-0.39, 0.29) is 11.5 Å². The number of aromatic amines is 1. The molecule has 0 spiro atoms. The Balaban J connectivity index is 2.19. The molecule has 128 valence electrons. The molecule has 2 aromatic heterocycles. The number of nitrogens with one attached hydrogen (secondary N) is 1. The number of methoxy groups -OCH3 is 1. The van der Waals surface area contributed by atoms with Gasteiger partial charge in [-0.15, -0.1) is 0 Å². The van der Waals surface area contributed by atoms with Crippen molar-refractivity contribution in [2.45, 2.75) is 33.8 Å². The minimum Gasteiger partial charge on any atom is -0.465 e. The van der Waals surface area contributed by atoms with Crippen molar-refractivity contribution in [3.8, 4) is 0 Å². The van der Waals surface area contributed by atoms with Crippen LogP contribution in [0.15, 0.2) is 16.5 Å². The van der Waals surface area contributed by atoms with E-state index in [0.717, 1.165) is 0 Å². The van der Waals surface area contributed by atoms with Crippen molar-refractivity contribution in [1.29, 1.82) is 0 Å². The molecule has 1 unspecified atom stereocenters. The molecule has 0 aliphatic carbocycles. The summed E-state index contributed by atoms with van der Waals surface area (Å²) in [5, 5.41) is 0. The van der Waals surface area contributed by atoms with Crippen molar-refractivity contribution in [1.82, 2.24) is 4.98 Å². The number of aromatic nitrogens is 1. The van der Waals surface area contributed by atoms with E-state index in [9.17, 15) is 14.4 Å². The Kier molecular flexibility index (Phi) is 4.92. The Bertz CT molecular complexity index is 798. The van der Waals surface area contributed by atoms with Crippen molar-refractivity contribution in [3.63, 3.8) is 0 Å². The molecule has 0 aliphatic heterocycles. The quantitative estimate of drug-likeness (QED) is 0.667. The highest BCUT2D eigenvalue weighted by Crippen LogP contribution is 2.21. The smallest absolute Gasteiger partial charge is 0.374 e. The monoisotopic (exact) mass is 333 g/mol. The summed E-state index contributed by atoms with van der Waals surface area (Å²) in [5.41, 5.74) is 1.49. The average Bonchev–Trinajstić information content (AvgIpc) is 3.09. The summed E-state index contributed by atoms with van der Waals surface area (Å²) in [6.45, 7) is 6.46. The fourth-order valence-electron chi connectivity index (χ4n) is 2.42. The summed E-state index contributed by atoms with van der Waals surface area (Å²) in [6.07, 6.45) is -1.04. The highest BCUT2D eigenvalue weighted by atomic mass is 16.6. The van der Waals surface area contributed by atoms with Crippen LogP contribution in [0.25, 0.3) is 0 Å². The Morgan fingerprint density at radius 3 is 2.33 bits per heavy atom. The third kappa shape index (κ3) is 3.24. The predicted molar refractivity (Wildman–Crippen MR) is 84.3 cm³/mol. The van der Waals surface area contributed by atoms with Crippen LogP contribution < -0.4 is 0 Å². The van der Waals surface area contributed by atoms with Gasteiger partial charge in [-0.3, -0.25) is 4.79 Å². The molecule has 24 heavy (non-hydrogen) atoms. The lowest BCUT2D eigenvalue weighted by Gasteiger charge is -2.11. The predicted octanol–water partition coefficient (Wildman–Crippen LogP) is 2.75. The fourth-order valence-corrected chi connectivity index (χ4v) is 2.42. The van der Waals surface area contributed by atoms with Crippen LogP contribution in [0.5, 0.6) is 0 Å². The van der Waals surface area contributed by atoms with Gasteiger partial charge in [-0.2, -0.15) is 0 Å². The van der Waals surface area contributed by atoms with Crippen LogP contribution in [0.2, 0.25) is 0 Å². The maximum atomic E-state index is 12.5. The third-order valence-electron chi connectivity index (χ3n) is 3.67. The molecule has 7 nitrogen and oxygen atoms in total. The van der Waals surface area contributed by atoms with Crippen molar-refractivity contribution < 1.29 is 28.3 Å². The molecule has 1 atom stereocenters. The second-order valence-corrected chi connectivity index (χ2v) is 5.44. The molecule has 7 heteroatoms. The first-order valence-electron chi connectivity index (χ1n) is 7.35. The lowest BCUT2D eigenvalue weighted by Crippen LogP contribution is -2.25. The summed E-state index contributed by atoms with van der Waals surface area (Å²) in [5.74, 6) is -1.10. The number of furan rings is 1. The molecule has 0 radical (unpaired) electrons. The van der Waals surface area contributed by atoms with E-state index < -0.39 is 23.8 Å². The number of hydrogen-bond acceptors (Lipinski definition) is 6. The zero-order valence-corrected chi connectivity index (χ0v) is 14.2. The number of aryl methyl sites for hydroxylation is 2. The number of carbonyl (C=O) groups is 3. The van der Waals surface area contributed by atoms with Gasteiger partial charge in [0.2, 0.25) is 11.5 Å². The minimum absolute atomic E-state index is 0.0294. The van der Waals surface area contributed by atoms with E-state index in [0.29, 0.717) is 22.6 Å². The lowest BCUT2D eigenvalue weighted by atomic mass is 10.1. The van der Waals surface area contributed by atoms with Crippen LogP contribution in [-0.2, 0) is 9.47 Å². The summed E-state index contributed by atoms with van der Waals surface area (Å²) in [7, 11) is 1.27. The van der Waals surface area contributed by atoms with E-state index >= 15 is 0 Å². The SMILES string of the molecule is COC(=O)c1c(C)[nH]c(C(=O)C(C)OC(=O)c2ccc(C)o2)c1C. The van der Waals surface area contributed by atoms with E-state index in [1.165, 1.54) is 20.1 Å². The van der Waals surface area contributed by atoms with Crippen LogP contribution in [0.1, 0.15) is 55.3 Å². The molecule has 0 aliphatic rings. The van der Waals surface area contributed by atoms with E-state index in [1.54, 1.807) is 26.8 Å². The van der Waals surface area contributed by atoms with E-state index in [4.69, 9.17) is 13.9 Å². The molecular formula is C17H19NO6. The molecule has 0 aromatic carbocycles. The number of H-pyrrole nitrogens is 1. The van der Waals surface area contributed by atoms with Crippen molar-refractivity contribution in [2.24, 2.45) is 0 Å². The van der Waals surface area contributed by atoms with Gasteiger partial charge in [-0.05, 0) is 45.4 Å². The minimum atomic E-state index is -1.04. The van der Waals surface area contributed by atoms with Crippen molar-refractivity contribution in [2.75, 3.05) is 7.11 Å².